The minimum absolute atomic E-state index is 0.0561. The molecule has 1 heterocycles. The Hall–Kier alpha value is -2.41. The Bertz CT molecular complexity index is 570. The zero-order valence-corrected chi connectivity index (χ0v) is 10.5. The van der Waals surface area contributed by atoms with Crippen LogP contribution >= 0.6 is 0 Å². The van der Waals surface area contributed by atoms with Gasteiger partial charge in [0.25, 0.3) is 5.91 Å². The first-order valence-corrected chi connectivity index (χ1v) is 6.09. The van der Waals surface area contributed by atoms with Gasteiger partial charge in [0.05, 0.1) is 6.42 Å². The van der Waals surface area contributed by atoms with Gasteiger partial charge >= 0.3 is 5.97 Å². The summed E-state index contributed by atoms with van der Waals surface area (Å²) in [6.07, 6.45) is -1.31. The van der Waals surface area contributed by atoms with Gasteiger partial charge in [-0.3, -0.25) is 9.59 Å². The van der Waals surface area contributed by atoms with Gasteiger partial charge in [-0.15, -0.1) is 0 Å². The van der Waals surface area contributed by atoms with Crippen molar-refractivity contribution in [1.29, 1.82) is 0 Å². The molecule has 1 unspecified atom stereocenters. The maximum atomic E-state index is 11.8. The summed E-state index contributed by atoms with van der Waals surface area (Å²) >= 11 is 0. The molecule has 4 N–H and O–H groups in total. The van der Waals surface area contributed by atoms with E-state index in [1.165, 1.54) is 0 Å². The number of carbonyl (C=O) groups excluding carboxylic acids is 2. The van der Waals surface area contributed by atoms with Crippen molar-refractivity contribution < 1.29 is 24.6 Å². The second kappa shape index (κ2) is 5.70. The van der Waals surface area contributed by atoms with Crippen LogP contribution in [0.1, 0.15) is 22.3 Å². The Morgan fingerprint density at radius 3 is 2.85 bits per heavy atom. The Morgan fingerprint density at radius 2 is 2.15 bits per heavy atom. The Labute approximate surface area is 114 Å². The Morgan fingerprint density at radius 1 is 1.40 bits per heavy atom. The minimum atomic E-state index is -1.49. The minimum Gasteiger partial charge on any atom is -0.479 e. The van der Waals surface area contributed by atoms with Crippen molar-refractivity contribution in [2.24, 2.45) is 0 Å². The maximum Gasteiger partial charge on any atom is 0.332 e. The summed E-state index contributed by atoms with van der Waals surface area (Å²) in [7, 11) is 0. The number of carbonyl (C=O) groups is 3. The van der Waals surface area contributed by atoms with Gasteiger partial charge in [-0.05, 0) is 23.8 Å². The predicted octanol–water partition coefficient (Wildman–Crippen LogP) is -0.253. The molecule has 1 aliphatic rings. The normalized spacial score (nSPS) is 14.3. The molecular weight excluding hydrogens is 264 g/mol. The zero-order valence-electron chi connectivity index (χ0n) is 10.5. The van der Waals surface area contributed by atoms with E-state index in [9.17, 15) is 14.4 Å². The van der Waals surface area contributed by atoms with Crippen LogP contribution in [0.2, 0.25) is 0 Å². The first-order chi connectivity index (χ1) is 9.47. The zero-order chi connectivity index (χ0) is 14.7. The molecule has 0 fully saturated rings. The number of benzene rings is 1. The number of carboxylic acids is 1. The number of fused-ring (bicyclic) bond motifs is 1. The molecule has 7 heteroatoms. The Kier molecular flexibility index (Phi) is 3.99. The maximum absolute atomic E-state index is 11.8. The molecule has 1 aliphatic heterocycles. The number of aliphatic hydroxyl groups excluding tert-OH is 1. The molecule has 1 aromatic rings. The van der Waals surface area contributed by atoms with Gasteiger partial charge in [0.1, 0.15) is 0 Å². The molecule has 0 aromatic heterocycles. The van der Waals surface area contributed by atoms with E-state index < -0.39 is 12.1 Å². The lowest BCUT2D eigenvalue weighted by Gasteiger charge is -2.08. The molecule has 0 saturated heterocycles. The highest BCUT2D eigenvalue weighted by Crippen LogP contribution is 2.23. The number of amides is 2. The van der Waals surface area contributed by atoms with Gasteiger partial charge in [-0.25, -0.2) is 4.79 Å². The van der Waals surface area contributed by atoms with Gasteiger partial charge in [-0.2, -0.15) is 0 Å². The molecular formula is C13H14N2O5. The van der Waals surface area contributed by atoms with Gasteiger partial charge in [0.2, 0.25) is 5.91 Å². The van der Waals surface area contributed by atoms with E-state index in [2.05, 4.69) is 10.6 Å². The van der Waals surface area contributed by atoms with E-state index in [1.54, 1.807) is 18.2 Å². The summed E-state index contributed by atoms with van der Waals surface area (Å²) in [4.78, 5) is 33.4. The van der Waals surface area contributed by atoms with Crippen LogP contribution in [0.5, 0.6) is 0 Å². The van der Waals surface area contributed by atoms with E-state index >= 15 is 0 Å². The highest BCUT2D eigenvalue weighted by Gasteiger charge is 2.19. The smallest absolute Gasteiger partial charge is 0.332 e. The van der Waals surface area contributed by atoms with E-state index in [0.717, 1.165) is 5.56 Å². The molecule has 0 saturated carbocycles. The molecule has 0 radical (unpaired) electrons. The van der Waals surface area contributed by atoms with Gasteiger partial charge in [0, 0.05) is 24.2 Å². The SMILES string of the molecule is O=C1Cc2cc(C(=O)NCCC(O)C(=O)O)ccc2N1. The second-order valence-electron chi connectivity index (χ2n) is 4.50. The number of carboxylic acid groups (broad SMARTS) is 1. The quantitative estimate of drug-likeness (QED) is 0.592. The van der Waals surface area contributed by atoms with E-state index in [1.807, 2.05) is 0 Å². The molecule has 2 amide bonds. The lowest BCUT2D eigenvalue weighted by molar-refractivity contribution is -0.146. The van der Waals surface area contributed by atoms with E-state index in [0.29, 0.717) is 11.3 Å². The largest absolute Gasteiger partial charge is 0.479 e. The molecule has 0 spiro atoms. The lowest BCUT2D eigenvalue weighted by Crippen LogP contribution is -2.30. The van der Waals surface area contributed by atoms with E-state index in [-0.39, 0.29) is 31.2 Å². The molecule has 1 aromatic carbocycles. The number of hydrogen-bond acceptors (Lipinski definition) is 4. The molecule has 106 valence electrons. The molecule has 0 aliphatic carbocycles. The molecule has 7 nitrogen and oxygen atoms in total. The van der Waals surface area contributed by atoms with Gasteiger partial charge in [0.15, 0.2) is 6.10 Å². The highest BCUT2D eigenvalue weighted by molar-refractivity contribution is 6.01. The molecule has 2 rings (SSSR count). The number of aliphatic hydroxyl groups is 1. The van der Waals surface area contributed by atoms with Gasteiger partial charge < -0.3 is 20.8 Å². The molecule has 0 bridgehead atoms. The van der Waals surface area contributed by atoms with Crippen molar-refractivity contribution >= 4 is 23.5 Å². The van der Waals surface area contributed by atoms with Crippen LogP contribution < -0.4 is 10.6 Å². The predicted molar refractivity (Wildman–Crippen MR) is 69.4 cm³/mol. The van der Waals surface area contributed by atoms with Crippen molar-refractivity contribution in [2.45, 2.75) is 18.9 Å². The highest BCUT2D eigenvalue weighted by atomic mass is 16.4. The third kappa shape index (κ3) is 3.12. The standard InChI is InChI=1S/C13H14N2O5/c16-10(13(19)20)3-4-14-12(18)7-1-2-9-8(5-7)6-11(17)15-9/h1-2,5,10,16H,3-4,6H2,(H,14,18)(H,15,17)(H,19,20). The van der Waals surface area contributed by atoms with Crippen molar-refractivity contribution in [3.05, 3.63) is 29.3 Å². The van der Waals surface area contributed by atoms with Crippen LogP contribution in [0.3, 0.4) is 0 Å². The number of rotatable bonds is 5. The number of anilines is 1. The topological polar surface area (TPSA) is 116 Å². The van der Waals surface area contributed by atoms with Crippen molar-refractivity contribution in [3.8, 4) is 0 Å². The van der Waals surface area contributed by atoms with Crippen LogP contribution in [-0.4, -0.2) is 40.6 Å². The van der Waals surface area contributed by atoms with Crippen molar-refractivity contribution in [1.82, 2.24) is 5.32 Å². The third-order valence-corrected chi connectivity index (χ3v) is 2.98. The summed E-state index contributed by atoms with van der Waals surface area (Å²) in [5, 5.41) is 22.7. The summed E-state index contributed by atoms with van der Waals surface area (Å²) in [5.41, 5.74) is 1.85. The van der Waals surface area contributed by atoms with Gasteiger partial charge in [-0.1, -0.05) is 0 Å². The number of aliphatic carboxylic acids is 1. The van der Waals surface area contributed by atoms with Crippen molar-refractivity contribution in [3.63, 3.8) is 0 Å². The van der Waals surface area contributed by atoms with E-state index in [4.69, 9.17) is 10.2 Å². The van der Waals surface area contributed by atoms with Crippen molar-refractivity contribution in [2.75, 3.05) is 11.9 Å². The van der Waals surface area contributed by atoms with Crippen LogP contribution in [0, 0.1) is 0 Å². The summed E-state index contributed by atoms with van der Waals surface area (Å²) in [6.45, 7) is 0.0561. The fraction of sp³-hybridized carbons (Fsp3) is 0.308. The van der Waals surface area contributed by atoms with Crippen LogP contribution in [0.25, 0.3) is 0 Å². The summed E-state index contributed by atoms with van der Waals surface area (Å²) in [6, 6.07) is 4.85. The van der Waals surface area contributed by atoms with Crippen LogP contribution in [-0.2, 0) is 16.0 Å². The van der Waals surface area contributed by atoms with Crippen LogP contribution in [0.4, 0.5) is 5.69 Å². The lowest BCUT2D eigenvalue weighted by atomic mass is 10.1. The summed E-state index contributed by atoms with van der Waals surface area (Å²) in [5.74, 6) is -1.80. The number of nitrogens with one attached hydrogen (secondary N) is 2. The number of hydrogen-bond donors (Lipinski definition) is 4. The molecule has 1 atom stereocenters. The average molecular weight is 278 g/mol. The summed E-state index contributed by atoms with van der Waals surface area (Å²) < 4.78 is 0. The monoisotopic (exact) mass is 278 g/mol. The fourth-order valence-corrected chi connectivity index (χ4v) is 1.92. The Balaban J connectivity index is 1.92. The first-order valence-electron chi connectivity index (χ1n) is 6.09. The first kappa shape index (κ1) is 14.0. The second-order valence-corrected chi connectivity index (χ2v) is 4.50. The average Bonchev–Trinajstić information content (AvgIpc) is 2.77. The molecule has 20 heavy (non-hydrogen) atoms. The van der Waals surface area contributed by atoms with Crippen LogP contribution in [0.15, 0.2) is 18.2 Å². The fourth-order valence-electron chi connectivity index (χ4n) is 1.92. The third-order valence-electron chi connectivity index (χ3n) is 2.98.